The number of nitrogens with one attached hydrogen (secondary N) is 1. The summed E-state index contributed by atoms with van der Waals surface area (Å²) in [6.45, 7) is 3.78. The second-order valence-electron chi connectivity index (χ2n) is 8.30. The van der Waals surface area contributed by atoms with Crippen molar-refractivity contribution in [1.82, 2.24) is 5.32 Å². The Labute approximate surface area is 212 Å². The van der Waals surface area contributed by atoms with Crippen LogP contribution in [0, 0.1) is 0 Å². The van der Waals surface area contributed by atoms with Crippen molar-refractivity contribution in [1.29, 1.82) is 0 Å². The average Bonchev–Trinajstić information content (AvgIpc) is 2.88. The molecule has 1 aliphatic rings. The summed E-state index contributed by atoms with van der Waals surface area (Å²) in [4.78, 5) is 38.6. The molecule has 0 fully saturated rings. The molecule has 1 aliphatic carbocycles. The van der Waals surface area contributed by atoms with E-state index in [-0.39, 0.29) is 11.9 Å². The largest absolute Gasteiger partial charge is 0.455 e. The van der Waals surface area contributed by atoms with E-state index in [0.717, 1.165) is 29.8 Å². The van der Waals surface area contributed by atoms with Crippen LogP contribution in [-0.4, -0.2) is 36.7 Å². The van der Waals surface area contributed by atoms with Gasteiger partial charge in [0.05, 0.1) is 6.61 Å². The fourth-order valence-electron chi connectivity index (χ4n) is 3.83. The maximum Gasteiger partial charge on any atom is 0.407 e. The summed E-state index contributed by atoms with van der Waals surface area (Å²) in [5.41, 5.74) is 2.42. The lowest BCUT2D eigenvalue weighted by molar-refractivity contribution is -0.140. The Balaban J connectivity index is 1.55. The third-order valence-corrected chi connectivity index (χ3v) is 5.50. The van der Waals surface area contributed by atoms with Gasteiger partial charge in [0.1, 0.15) is 6.10 Å². The molecule has 0 aliphatic heterocycles. The number of amides is 2. The topological polar surface area (TPSA) is 84.9 Å². The van der Waals surface area contributed by atoms with Gasteiger partial charge in [-0.3, -0.25) is 9.69 Å². The highest BCUT2D eigenvalue weighted by molar-refractivity contribution is 6.07. The fourth-order valence-corrected chi connectivity index (χ4v) is 3.83. The van der Waals surface area contributed by atoms with Crippen LogP contribution in [0.4, 0.5) is 16.2 Å². The van der Waals surface area contributed by atoms with Gasteiger partial charge in [-0.15, -0.1) is 0 Å². The van der Waals surface area contributed by atoms with Crippen LogP contribution in [0.15, 0.2) is 96.6 Å². The first-order valence-corrected chi connectivity index (χ1v) is 12.1. The summed E-state index contributed by atoms with van der Waals surface area (Å²) in [6.07, 6.45) is 9.28. The summed E-state index contributed by atoms with van der Waals surface area (Å²) in [7, 11) is 0. The number of carbonyl (C=O) groups excluding carboxylic acids is 3. The first-order chi connectivity index (χ1) is 17.5. The first kappa shape index (κ1) is 26.5. The molecule has 0 heterocycles. The minimum atomic E-state index is -0.599. The number of rotatable bonds is 9. The van der Waals surface area contributed by atoms with Crippen LogP contribution in [0.25, 0.3) is 0 Å². The van der Waals surface area contributed by atoms with E-state index in [1.54, 1.807) is 30.9 Å². The second kappa shape index (κ2) is 13.7. The molecular weight excluding hydrogens is 456 g/mol. The minimum Gasteiger partial charge on any atom is -0.455 e. The lowest BCUT2D eigenvalue weighted by Gasteiger charge is -2.22. The van der Waals surface area contributed by atoms with Crippen LogP contribution in [0.1, 0.15) is 33.1 Å². The second-order valence-corrected chi connectivity index (χ2v) is 8.30. The summed E-state index contributed by atoms with van der Waals surface area (Å²) >= 11 is 0. The van der Waals surface area contributed by atoms with Crippen molar-refractivity contribution < 1.29 is 23.9 Å². The molecule has 7 heteroatoms. The Morgan fingerprint density at radius 2 is 1.67 bits per heavy atom. The summed E-state index contributed by atoms with van der Waals surface area (Å²) in [6, 6.07) is 18.7. The normalized spacial score (nSPS) is 16.3. The number of hydrogen-bond donors (Lipinski definition) is 1. The smallest absolute Gasteiger partial charge is 0.407 e. The standard InChI is InChI=1S/C29H32N2O5/c1-3-35-29(34)30-24-12-10-11-23(21-24)18-20-28(33)36-22(2)17-19-27(32)31(25-13-6-4-7-14-25)26-15-8-5-9-16-26/h4-9,11,13-20,22,24H,3,10,12,21H2,1-2H3,(H,30,34)/t22?,24-/m1/s1. The van der Waals surface area contributed by atoms with Crippen molar-refractivity contribution in [3.63, 3.8) is 0 Å². The monoisotopic (exact) mass is 488 g/mol. The highest BCUT2D eigenvalue weighted by atomic mass is 16.5. The third kappa shape index (κ3) is 8.27. The maximum absolute atomic E-state index is 13.1. The van der Waals surface area contributed by atoms with Gasteiger partial charge < -0.3 is 14.8 Å². The predicted molar refractivity (Wildman–Crippen MR) is 140 cm³/mol. The van der Waals surface area contributed by atoms with Crippen molar-refractivity contribution in [3.05, 3.63) is 96.6 Å². The number of hydrogen-bond acceptors (Lipinski definition) is 5. The zero-order chi connectivity index (χ0) is 25.8. The maximum atomic E-state index is 13.1. The molecule has 7 nitrogen and oxygen atoms in total. The van der Waals surface area contributed by atoms with Gasteiger partial charge >= 0.3 is 12.1 Å². The van der Waals surface area contributed by atoms with E-state index >= 15 is 0 Å². The third-order valence-electron chi connectivity index (χ3n) is 5.50. The SMILES string of the molecule is CCOC(=O)N[C@@H]1CCC=C(C=CC(=O)OC(C)C=CC(=O)N(c2ccccc2)c2ccccc2)C1. The predicted octanol–water partition coefficient (Wildman–Crippen LogP) is 5.62. The molecular formula is C29H32N2O5. The van der Waals surface area contributed by atoms with Crippen molar-refractivity contribution in [2.45, 2.75) is 45.3 Å². The molecule has 1 N–H and O–H groups in total. The van der Waals surface area contributed by atoms with Crippen LogP contribution in [0.2, 0.25) is 0 Å². The molecule has 2 amide bonds. The van der Waals surface area contributed by atoms with Crippen LogP contribution in [0.5, 0.6) is 0 Å². The van der Waals surface area contributed by atoms with Crippen molar-refractivity contribution in [2.75, 3.05) is 11.5 Å². The Kier molecular flexibility index (Phi) is 10.1. The van der Waals surface area contributed by atoms with Gasteiger partial charge in [0.15, 0.2) is 0 Å². The van der Waals surface area contributed by atoms with E-state index in [9.17, 15) is 14.4 Å². The van der Waals surface area contributed by atoms with Crippen molar-refractivity contribution in [3.8, 4) is 0 Å². The summed E-state index contributed by atoms with van der Waals surface area (Å²) in [5.74, 6) is -0.762. The molecule has 0 saturated carbocycles. The van der Waals surface area contributed by atoms with E-state index in [1.807, 2.05) is 66.7 Å². The number of allylic oxidation sites excluding steroid dienone is 2. The van der Waals surface area contributed by atoms with Gasteiger partial charge in [-0.05, 0) is 69.0 Å². The van der Waals surface area contributed by atoms with E-state index in [1.165, 1.54) is 12.2 Å². The highest BCUT2D eigenvalue weighted by Gasteiger charge is 2.18. The van der Waals surface area contributed by atoms with Crippen LogP contribution in [0.3, 0.4) is 0 Å². The first-order valence-electron chi connectivity index (χ1n) is 12.1. The molecule has 36 heavy (non-hydrogen) atoms. The van der Waals surface area contributed by atoms with Gasteiger partial charge in [-0.25, -0.2) is 9.59 Å². The van der Waals surface area contributed by atoms with E-state index in [2.05, 4.69) is 5.32 Å². The molecule has 0 aromatic heterocycles. The van der Waals surface area contributed by atoms with Gasteiger partial charge in [0.25, 0.3) is 5.91 Å². The van der Waals surface area contributed by atoms with Crippen LogP contribution < -0.4 is 10.2 Å². The van der Waals surface area contributed by atoms with Gasteiger partial charge in [-0.2, -0.15) is 0 Å². The summed E-state index contributed by atoms with van der Waals surface area (Å²) in [5, 5.41) is 2.83. The molecule has 0 bridgehead atoms. The molecule has 2 atom stereocenters. The number of ether oxygens (including phenoxy) is 2. The molecule has 2 aromatic rings. The number of para-hydroxylation sites is 2. The zero-order valence-electron chi connectivity index (χ0n) is 20.6. The molecule has 0 spiro atoms. The number of esters is 1. The summed E-state index contributed by atoms with van der Waals surface area (Å²) < 4.78 is 10.3. The van der Waals surface area contributed by atoms with Gasteiger partial charge in [-0.1, -0.05) is 48.6 Å². The molecule has 188 valence electrons. The molecule has 1 unspecified atom stereocenters. The number of nitrogens with zero attached hydrogens (tertiary/aromatic N) is 1. The van der Waals surface area contributed by atoms with E-state index < -0.39 is 18.2 Å². The van der Waals surface area contributed by atoms with Gasteiger partial charge in [0, 0.05) is 29.6 Å². The van der Waals surface area contributed by atoms with E-state index in [0.29, 0.717) is 13.0 Å². The van der Waals surface area contributed by atoms with Crippen LogP contribution in [-0.2, 0) is 19.1 Å². The lowest BCUT2D eigenvalue weighted by atomic mass is 9.94. The Bertz CT molecular complexity index is 1070. The Hall–Kier alpha value is -4.13. The Morgan fingerprint density at radius 1 is 1.03 bits per heavy atom. The van der Waals surface area contributed by atoms with E-state index in [4.69, 9.17) is 9.47 Å². The molecule has 0 saturated heterocycles. The Morgan fingerprint density at radius 3 is 2.28 bits per heavy atom. The zero-order valence-corrected chi connectivity index (χ0v) is 20.6. The lowest BCUT2D eigenvalue weighted by Crippen LogP contribution is -2.36. The number of anilines is 2. The molecule has 2 aromatic carbocycles. The fraction of sp³-hybridized carbons (Fsp3) is 0.276. The number of alkyl carbamates (subject to hydrolysis) is 1. The average molecular weight is 489 g/mol. The highest BCUT2D eigenvalue weighted by Crippen LogP contribution is 2.25. The molecule has 0 radical (unpaired) electrons. The number of carbonyl (C=O) groups is 3. The quantitative estimate of drug-likeness (QED) is 0.366. The van der Waals surface area contributed by atoms with Gasteiger partial charge in [0.2, 0.25) is 0 Å². The number of benzene rings is 2. The van der Waals surface area contributed by atoms with Crippen molar-refractivity contribution >= 4 is 29.3 Å². The van der Waals surface area contributed by atoms with Crippen molar-refractivity contribution in [2.24, 2.45) is 0 Å². The molecule has 3 rings (SSSR count). The van der Waals surface area contributed by atoms with Crippen LogP contribution >= 0.6 is 0 Å². The minimum absolute atomic E-state index is 0.0326.